The first-order valence-electron chi connectivity index (χ1n) is 16.2. The van der Waals surface area contributed by atoms with Crippen molar-refractivity contribution in [1.82, 2.24) is 14.8 Å². The molecule has 2 aromatic rings. The lowest BCUT2D eigenvalue weighted by molar-refractivity contribution is -0.152. The summed E-state index contributed by atoms with van der Waals surface area (Å²) in [7, 11) is 1.29. The van der Waals surface area contributed by atoms with Crippen molar-refractivity contribution in [3.05, 3.63) is 66.0 Å². The zero-order valence-electron chi connectivity index (χ0n) is 26.2. The zero-order valence-corrected chi connectivity index (χ0v) is 26.2. The lowest BCUT2D eigenvalue weighted by Gasteiger charge is -2.31. The highest BCUT2D eigenvalue weighted by Gasteiger charge is 2.46. The van der Waals surface area contributed by atoms with Crippen LogP contribution in [-0.2, 0) is 25.6 Å². The van der Waals surface area contributed by atoms with Gasteiger partial charge in [-0.25, -0.2) is 9.59 Å². The maximum Gasteiger partial charge on any atom is 0.408 e. The summed E-state index contributed by atoms with van der Waals surface area (Å²) in [6, 6.07) is 7.40. The second-order valence-corrected chi connectivity index (χ2v) is 12.4. The molecule has 1 aliphatic heterocycles. The third-order valence-corrected chi connectivity index (χ3v) is 9.57. The standard InChI is InChI=1S/C35H45N3O7/c1-4-6-19-37-30(20-25-15-9-10-17-27(25)32(37)39)44-26-21-28(34(41)43-3)38(22-26)33(40)31(24-13-7-8-14-24)36-35(42)45-29-18-11-16-23(29)12-5-2/h4-5,9-10,15,17,20,23-24,26,28-29,31H,1-2,6-8,11-14,16,18-19,21-22H2,3H3,(H,36,42)/t23-,26-,28+,29-,31+/m1/s1. The van der Waals surface area contributed by atoms with Crippen molar-refractivity contribution < 1.29 is 28.6 Å². The van der Waals surface area contributed by atoms with Gasteiger partial charge in [0.25, 0.3) is 5.56 Å². The SMILES string of the molecule is C=CCCn1c(O[C@@H]2C[C@@H](C(=O)OC)N(C(=O)[C@@H](NC(=O)O[C@@H]3CCC[C@H]3CC=C)C3CCCC3)C2)cc2ccccc2c1=O. The van der Waals surface area contributed by atoms with E-state index in [1.165, 1.54) is 12.0 Å². The number of esters is 1. The molecular weight excluding hydrogens is 574 g/mol. The summed E-state index contributed by atoms with van der Waals surface area (Å²) in [5.74, 6) is -0.378. The molecule has 2 aliphatic carbocycles. The Hall–Kier alpha value is -4.08. The van der Waals surface area contributed by atoms with Gasteiger partial charge in [0.2, 0.25) is 5.91 Å². The predicted molar refractivity (Wildman–Crippen MR) is 171 cm³/mol. The van der Waals surface area contributed by atoms with E-state index in [4.69, 9.17) is 14.2 Å². The van der Waals surface area contributed by atoms with Gasteiger partial charge in [0, 0.05) is 24.4 Å². The number of hydrogen-bond acceptors (Lipinski definition) is 7. The highest BCUT2D eigenvalue weighted by Crippen LogP contribution is 2.34. The molecule has 2 saturated carbocycles. The molecule has 1 saturated heterocycles. The van der Waals surface area contributed by atoms with E-state index in [0.717, 1.165) is 56.8 Å². The van der Waals surface area contributed by atoms with Crippen molar-refractivity contribution >= 4 is 28.7 Å². The fraction of sp³-hybridized carbons (Fsp3) is 0.543. The number of allylic oxidation sites excluding steroid dienone is 2. The topological polar surface area (TPSA) is 116 Å². The van der Waals surface area contributed by atoms with Crippen molar-refractivity contribution in [3.8, 4) is 5.88 Å². The normalized spacial score (nSPS) is 23.9. The minimum Gasteiger partial charge on any atom is -0.473 e. The molecule has 1 aromatic carbocycles. The number of benzene rings is 1. The van der Waals surface area contributed by atoms with Gasteiger partial charge >= 0.3 is 12.1 Å². The Kier molecular flexibility index (Phi) is 10.6. The summed E-state index contributed by atoms with van der Waals surface area (Å²) >= 11 is 0. The van der Waals surface area contributed by atoms with E-state index in [9.17, 15) is 19.2 Å². The van der Waals surface area contributed by atoms with E-state index >= 15 is 0 Å². The number of fused-ring (bicyclic) bond motifs is 1. The van der Waals surface area contributed by atoms with E-state index in [1.54, 1.807) is 16.7 Å². The van der Waals surface area contributed by atoms with Gasteiger partial charge < -0.3 is 24.4 Å². The van der Waals surface area contributed by atoms with Gasteiger partial charge in [-0.1, -0.05) is 43.2 Å². The highest BCUT2D eigenvalue weighted by atomic mass is 16.6. The molecule has 242 valence electrons. The second kappa shape index (κ2) is 14.8. The first kappa shape index (κ1) is 32.3. The molecule has 0 bridgehead atoms. The van der Waals surface area contributed by atoms with Crippen LogP contribution in [0.15, 0.2) is 60.4 Å². The Morgan fingerprint density at radius 1 is 1.07 bits per heavy atom. The molecule has 1 N–H and O–H groups in total. The largest absolute Gasteiger partial charge is 0.473 e. The molecule has 5 rings (SSSR count). The lowest BCUT2D eigenvalue weighted by atomic mass is 9.96. The average Bonchev–Trinajstić information content (AvgIpc) is 3.82. The van der Waals surface area contributed by atoms with Crippen molar-refractivity contribution in [2.75, 3.05) is 13.7 Å². The molecule has 10 nitrogen and oxygen atoms in total. The molecule has 10 heteroatoms. The Bertz CT molecular complexity index is 1460. The van der Waals surface area contributed by atoms with Crippen LogP contribution < -0.4 is 15.6 Å². The minimum atomic E-state index is -0.894. The van der Waals surface area contributed by atoms with E-state index < -0.39 is 30.3 Å². The zero-order chi connectivity index (χ0) is 31.9. The number of nitrogens with one attached hydrogen (secondary N) is 1. The molecule has 0 radical (unpaired) electrons. The molecule has 2 amide bonds. The van der Waals surface area contributed by atoms with Gasteiger partial charge in [0.1, 0.15) is 24.3 Å². The lowest BCUT2D eigenvalue weighted by Crippen LogP contribution is -2.55. The Balaban J connectivity index is 1.37. The summed E-state index contributed by atoms with van der Waals surface area (Å²) < 4.78 is 18.9. The molecular formula is C35H45N3O7. The molecule has 3 aliphatic rings. The summed E-state index contributed by atoms with van der Waals surface area (Å²) in [5.41, 5.74) is -0.179. The molecule has 1 aromatic heterocycles. The molecule has 5 atom stereocenters. The van der Waals surface area contributed by atoms with Gasteiger partial charge in [-0.3, -0.25) is 14.2 Å². The monoisotopic (exact) mass is 619 g/mol. The summed E-state index contributed by atoms with van der Waals surface area (Å²) in [5, 5.41) is 4.22. The molecule has 3 fully saturated rings. The van der Waals surface area contributed by atoms with Crippen LogP contribution in [0.1, 0.15) is 64.2 Å². The van der Waals surface area contributed by atoms with E-state index in [0.29, 0.717) is 24.2 Å². The van der Waals surface area contributed by atoms with Gasteiger partial charge in [-0.2, -0.15) is 0 Å². The maximum absolute atomic E-state index is 14.3. The highest BCUT2D eigenvalue weighted by molar-refractivity contribution is 5.90. The number of alkyl carbamates (subject to hydrolysis) is 1. The number of carbonyl (C=O) groups excluding carboxylic acids is 3. The Labute approximate surface area is 264 Å². The first-order valence-corrected chi connectivity index (χ1v) is 16.2. The van der Waals surface area contributed by atoms with Crippen molar-refractivity contribution in [2.24, 2.45) is 11.8 Å². The molecule has 0 spiro atoms. The molecule has 0 unspecified atom stereocenters. The number of aromatic nitrogens is 1. The number of hydrogen-bond donors (Lipinski definition) is 1. The Morgan fingerprint density at radius 3 is 2.58 bits per heavy atom. The number of nitrogens with zero attached hydrogens (tertiary/aromatic N) is 2. The van der Waals surface area contributed by atoms with Gasteiger partial charge in [-0.05, 0) is 68.2 Å². The van der Waals surface area contributed by atoms with Gasteiger partial charge in [0.15, 0.2) is 5.88 Å². The number of amides is 2. The fourth-order valence-electron chi connectivity index (χ4n) is 7.25. The van der Waals surface area contributed by atoms with Crippen LogP contribution in [0.5, 0.6) is 5.88 Å². The average molecular weight is 620 g/mol. The van der Waals surface area contributed by atoms with Crippen molar-refractivity contribution in [1.29, 1.82) is 0 Å². The van der Waals surface area contributed by atoms with Gasteiger partial charge in [-0.15, -0.1) is 13.2 Å². The van der Waals surface area contributed by atoms with E-state index in [1.807, 2.05) is 30.3 Å². The van der Waals surface area contributed by atoms with Gasteiger partial charge in [0.05, 0.1) is 13.7 Å². The third-order valence-electron chi connectivity index (χ3n) is 9.57. The number of ether oxygens (including phenoxy) is 3. The molecule has 2 heterocycles. The fourth-order valence-corrected chi connectivity index (χ4v) is 7.25. The number of rotatable bonds is 12. The van der Waals surface area contributed by atoms with E-state index in [2.05, 4.69) is 18.5 Å². The van der Waals surface area contributed by atoms with Crippen LogP contribution in [0.2, 0.25) is 0 Å². The Morgan fingerprint density at radius 2 is 1.84 bits per heavy atom. The maximum atomic E-state index is 14.3. The third kappa shape index (κ3) is 7.26. The van der Waals surface area contributed by atoms with Crippen LogP contribution in [0.4, 0.5) is 4.79 Å². The van der Waals surface area contributed by atoms with Crippen LogP contribution in [0.25, 0.3) is 10.8 Å². The number of likely N-dealkylation sites (tertiary alicyclic amines) is 1. The van der Waals surface area contributed by atoms with Crippen LogP contribution in [-0.4, -0.2) is 65.4 Å². The number of methoxy groups -OCH3 is 1. The smallest absolute Gasteiger partial charge is 0.408 e. The van der Waals surface area contributed by atoms with E-state index in [-0.39, 0.29) is 42.4 Å². The number of carbonyl (C=O) groups is 3. The van der Waals surface area contributed by atoms with Crippen LogP contribution >= 0.6 is 0 Å². The second-order valence-electron chi connectivity index (χ2n) is 12.4. The van der Waals surface area contributed by atoms with Crippen molar-refractivity contribution in [2.45, 2.75) is 95.0 Å². The summed E-state index contributed by atoms with van der Waals surface area (Å²) in [6.45, 7) is 8.09. The predicted octanol–water partition coefficient (Wildman–Crippen LogP) is 5.13. The number of pyridine rings is 1. The van der Waals surface area contributed by atoms with Crippen molar-refractivity contribution in [3.63, 3.8) is 0 Å². The quantitative estimate of drug-likeness (QED) is 0.259. The summed E-state index contributed by atoms with van der Waals surface area (Å²) in [4.78, 5) is 55.3. The van der Waals surface area contributed by atoms with Crippen LogP contribution in [0, 0.1) is 11.8 Å². The summed E-state index contributed by atoms with van der Waals surface area (Å²) in [6.07, 6.45) is 9.98. The molecule has 45 heavy (non-hydrogen) atoms. The first-order chi connectivity index (χ1) is 21.8. The minimum absolute atomic E-state index is 0.0690. The van der Waals surface area contributed by atoms with Crippen LogP contribution in [0.3, 0.4) is 0 Å².